The molecule has 0 fully saturated rings. The molecule has 0 bridgehead atoms. The Bertz CT molecular complexity index is 787. The molecule has 0 atom stereocenters. The Hall–Kier alpha value is -2.05. The summed E-state index contributed by atoms with van der Waals surface area (Å²) in [6.07, 6.45) is 0. The van der Waals surface area contributed by atoms with Crippen LogP contribution < -0.4 is 4.31 Å². The topological polar surface area (TPSA) is 74.7 Å². The largest absolute Gasteiger partial charge is 0.480 e. The van der Waals surface area contributed by atoms with Gasteiger partial charge >= 0.3 is 5.97 Å². The van der Waals surface area contributed by atoms with Crippen LogP contribution >= 0.6 is 11.6 Å². The van der Waals surface area contributed by atoms with E-state index in [0.717, 1.165) is 9.87 Å². The molecule has 0 unspecified atom stereocenters. The van der Waals surface area contributed by atoms with Gasteiger partial charge in [0.1, 0.15) is 6.54 Å². The second kappa shape index (κ2) is 6.37. The highest BCUT2D eigenvalue weighted by Gasteiger charge is 2.27. The zero-order valence-corrected chi connectivity index (χ0v) is 13.3. The molecular weight excluding hydrogens is 326 g/mol. The molecule has 22 heavy (non-hydrogen) atoms. The van der Waals surface area contributed by atoms with Gasteiger partial charge in [-0.3, -0.25) is 9.10 Å². The second-order valence-corrected chi connectivity index (χ2v) is 7.00. The number of anilines is 1. The third-order valence-corrected chi connectivity index (χ3v) is 5.01. The van der Waals surface area contributed by atoms with Gasteiger partial charge in [0, 0.05) is 5.02 Å². The second-order valence-electron chi connectivity index (χ2n) is 4.70. The smallest absolute Gasteiger partial charge is 0.324 e. The van der Waals surface area contributed by atoms with E-state index in [1.807, 2.05) is 6.92 Å². The molecule has 0 amide bonds. The van der Waals surface area contributed by atoms with Crippen molar-refractivity contribution in [3.8, 4) is 0 Å². The van der Waals surface area contributed by atoms with Gasteiger partial charge in [0.2, 0.25) is 0 Å². The molecule has 2 rings (SSSR count). The molecule has 0 heterocycles. The molecule has 0 spiro atoms. The van der Waals surface area contributed by atoms with Crippen LogP contribution in [0.15, 0.2) is 53.4 Å². The summed E-state index contributed by atoms with van der Waals surface area (Å²) >= 11 is 5.87. The van der Waals surface area contributed by atoms with Crippen molar-refractivity contribution in [3.05, 3.63) is 59.1 Å². The van der Waals surface area contributed by atoms with E-state index in [1.165, 1.54) is 24.3 Å². The van der Waals surface area contributed by atoms with Crippen molar-refractivity contribution in [2.45, 2.75) is 11.8 Å². The minimum Gasteiger partial charge on any atom is -0.480 e. The lowest BCUT2D eigenvalue weighted by atomic mass is 10.2. The lowest BCUT2D eigenvalue weighted by molar-refractivity contribution is -0.135. The molecule has 0 aliphatic heterocycles. The molecule has 0 aliphatic rings. The first-order valence-corrected chi connectivity index (χ1v) is 8.19. The average Bonchev–Trinajstić information content (AvgIpc) is 2.45. The predicted octanol–water partition coefficient (Wildman–Crippen LogP) is 2.93. The summed E-state index contributed by atoms with van der Waals surface area (Å²) < 4.78 is 26.2. The summed E-state index contributed by atoms with van der Waals surface area (Å²) in [4.78, 5) is 11.1. The van der Waals surface area contributed by atoms with Gasteiger partial charge in [0.25, 0.3) is 10.0 Å². The SMILES string of the molecule is Cc1ccc(S(=O)(=O)N(CC(=O)O)c2cccc(Cl)c2)cc1. The zero-order valence-electron chi connectivity index (χ0n) is 11.7. The Morgan fingerprint density at radius 1 is 1.18 bits per heavy atom. The number of sulfonamides is 1. The summed E-state index contributed by atoms with van der Waals surface area (Å²) in [5.41, 5.74) is 1.11. The van der Waals surface area contributed by atoms with Crippen molar-refractivity contribution in [1.82, 2.24) is 0 Å². The fourth-order valence-electron chi connectivity index (χ4n) is 1.91. The minimum atomic E-state index is -3.99. The van der Waals surface area contributed by atoms with Crippen molar-refractivity contribution in [2.24, 2.45) is 0 Å². The number of benzene rings is 2. The monoisotopic (exact) mass is 339 g/mol. The van der Waals surface area contributed by atoms with Gasteiger partial charge in [-0.15, -0.1) is 0 Å². The number of nitrogens with zero attached hydrogens (tertiary/aromatic N) is 1. The quantitative estimate of drug-likeness (QED) is 0.908. The van der Waals surface area contributed by atoms with Crippen molar-refractivity contribution in [3.63, 3.8) is 0 Å². The highest BCUT2D eigenvalue weighted by atomic mass is 35.5. The average molecular weight is 340 g/mol. The van der Waals surface area contributed by atoms with Gasteiger partial charge in [-0.05, 0) is 37.3 Å². The van der Waals surface area contributed by atoms with Crippen LogP contribution in [-0.2, 0) is 14.8 Å². The Balaban J connectivity index is 2.53. The standard InChI is InChI=1S/C15H14ClNO4S/c1-11-5-7-14(8-6-11)22(20,21)17(10-15(18)19)13-4-2-3-12(16)9-13/h2-9H,10H2,1H3,(H,18,19). The first kappa shape index (κ1) is 16.3. The Morgan fingerprint density at radius 2 is 1.82 bits per heavy atom. The Kier molecular flexibility index (Phi) is 4.73. The maximum absolute atomic E-state index is 12.7. The van der Waals surface area contributed by atoms with Gasteiger partial charge in [-0.25, -0.2) is 8.42 Å². The predicted molar refractivity (Wildman–Crippen MR) is 84.8 cm³/mol. The van der Waals surface area contributed by atoms with Gasteiger partial charge in [-0.1, -0.05) is 35.4 Å². The van der Waals surface area contributed by atoms with Gasteiger partial charge < -0.3 is 5.11 Å². The highest BCUT2D eigenvalue weighted by Crippen LogP contribution is 2.26. The first-order chi connectivity index (χ1) is 10.3. The summed E-state index contributed by atoms with van der Waals surface area (Å²) in [7, 11) is -3.99. The summed E-state index contributed by atoms with van der Waals surface area (Å²) in [6.45, 7) is 1.15. The number of carboxylic acids is 1. The van der Waals surface area contributed by atoms with Crippen molar-refractivity contribution in [2.75, 3.05) is 10.8 Å². The van der Waals surface area contributed by atoms with E-state index in [2.05, 4.69) is 0 Å². The molecule has 1 N–H and O–H groups in total. The van der Waals surface area contributed by atoms with E-state index in [1.54, 1.807) is 24.3 Å². The molecule has 116 valence electrons. The number of carboxylic acid groups (broad SMARTS) is 1. The van der Waals surface area contributed by atoms with Gasteiger partial charge in [-0.2, -0.15) is 0 Å². The Morgan fingerprint density at radius 3 is 2.36 bits per heavy atom. The molecule has 0 radical (unpaired) electrons. The number of halogens is 1. The number of aryl methyl sites for hydroxylation is 1. The lowest BCUT2D eigenvalue weighted by Crippen LogP contribution is -2.35. The van der Waals surface area contributed by atoms with Crippen LogP contribution in [-0.4, -0.2) is 26.0 Å². The van der Waals surface area contributed by atoms with E-state index in [9.17, 15) is 13.2 Å². The van der Waals surface area contributed by atoms with Crippen LogP contribution in [0.5, 0.6) is 0 Å². The lowest BCUT2D eigenvalue weighted by Gasteiger charge is -2.23. The van der Waals surface area contributed by atoms with E-state index >= 15 is 0 Å². The molecule has 2 aromatic rings. The normalized spacial score (nSPS) is 11.2. The maximum Gasteiger partial charge on any atom is 0.324 e. The molecule has 5 nitrogen and oxygen atoms in total. The molecule has 0 aliphatic carbocycles. The van der Waals surface area contributed by atoms with Crippen LogP contribution in [0.2, 0.25) is 5.02 Å². The third kappa shape index (κ3) is 3.58. The van der Waals surface area contributed by atoms with Crippen molar-refractivity contribution >= 4 is 33.3 Å². The van der Waals surface area contributed by atoms with Crippen molar-refractivity contribution < 1.29 is 18.3 Å². The summed E-state index contributed by atoms with van der Waals surface area (Å²) in [5, 5.41) is 9.36. The fourth-order valence-corrected chi connectivity index (χ4v) is 3.50. The summed E-state index contributed by atoms with van der Waals surface area (Å²) in [6, 6.07) is 12.3. The molecule has 2 aromatic carbocycles. The third-order valence-electron chi connectivity index (χ3n) is 2.98. The van der Waals surface area contributed by atoms with Crippen LogP contribution in [0.25, 0.3) is 0 Å². The van der Waals surface area contributed by atoms with Gasteiger partial charge in [0.15, 0.2) is 0 Å². The van der Waals surface area contributed by atoms with Crippen molar-refractivity contribution in [1.29, 1.82) is 0 Å². The number of hydrogen-bond donors (Lipinski definition) is 1. The Labute approximate surface area is 133 Å². The van der Waals surface area contributed by atoms with Gasteiger partial charge in [0.05, 0.1) is 10.6 Å². The molecule has 0 saturated carbocycles. The zero-order chi connectivity index (χ0) is 16.3. The van der Waals surface area contributed by atoms with Crippen LogP contribution in [0, 0.1) is 6.92 Å². The fraction of sp³-hybridized carbons (Fsp3) is 0.133. The van der Waals surface area contributed by atoms with Crippen LogP contribution in [0.1, 0.15) is 5.56 Å². The number of carbonyl (C=O) groups is 1. The first-order valence-electron chi connectivity index (χ1n) is 6.37. The summed E-state index contributed by atoms with van der Waals surface area (Å²) in [5.74, 6) is -1.25. The maximum atomic E-state index is 12.7. The van der Waals surface area contributed by atoms with E-state index in [0.29, 0.717) is 5.02 Å². The number of aliphatic carboxylic acids is 1. The number of hydrogen-bond acceptors (Lipinski definition) is 3. The van der Waals surface area contributed by atoms with E-state index in [-0.39, 0.29) is 10.6 Å². The minimum absolute atomic E-state index is 0.0272. The molecule has 7 heteroatoms. The molecular formula is C15H14ClNO4S. The van der Waals surface area contributed by atoms with E-state index < -0.39 is 22.5 Å². The number of rotatable bonds is 5. The van der Waals surface area contributed by atoms with Crippen LogP contribution in [0.4, 0.5) is 5.69 Å². The van der Waals surface area contributed by atoms with Crippen LogP contribution in [0.3, 0.4) is 0 Å². The molecule has 0 aromatic heterocycles. The van der Waals surface area contributed by atoms with E-state index in [4.69, 9.17) is 16.7 Å². The molecule has 0 saturated heterocycles. The highest BCUT2D eigenvalue weighted by molar-refractivity contribution is 7.92.